The van der Waals surface area contributed by atoms with Crippen LogP contribution in [0.15, 0.2) is 12.8 Å². The van der Waals surface area contributed by atoms with E-state index in [1.54, 1.807) is 0 Å². The molecule has 82 valence electrons. The molecular weight excluding hydrogens is 180 g/mol. The Bertz CT molecular complexity index is 155. The van der Waals surface area contributed by atoms with E-state index in [2.05, 4.69) is 13.5 Å². The van der Waals surface area contributed by atoms with Gasteiger partial charge in [-0.3, -0.25) is 0 Å². The van der Waals surface area contributed by atoms with Crippen LogP contribution in [-0.2, 0) is 14.2 Å². The normalized spacial score (nSPS) is 21.6. The minimum Gasteiger partial charge on any atom is -0.502 e. The lowest BCUT2D eigenvalue weighted by atomic mass is 10.1. The van der Waals surface area contributed by atoms with Gasteiger partial charge in [0.25, 0.3) is 0 Å². The summed E-state index contributed by atoms with van der Waals surface area (Å²) in [5, 5.41) is 0. The summed E-state index contributed by atoms with van der Waals surface area (Å²) in [6, 6.07) is 0. The molecule has 0 aromatic carbocycles. The Balaban J connectivity index is 1.81. The fraction of sp³-hybridized carbons (Fsp3) is 0.818. The van der Waals surface area contributed by atoms with Gasteiger partial charge in [-0.25, -0.2) is 0 Å². The second kappa shape index (κ2) is 6.85. The molecule has 1 saturated heterocycles. The summed E-state index contributed by atoms with van der Waals surface area (Å²) in [4.78, 5) is 0. The molecule has 0 aliphatic carbocycles. The van der Waals surface area contributed by atoms with E-state index in [0.717, 1.165) is 39.3 Å². The van der Waals surface area contributed by atoms with Crippen LogP contribution < -0.4 is 0 Å². The molecule has 1 aliphatic rings. The molecule has 2 atom stereocenters. The fourth-order valence-corrected chi connectivity index (χ4v) is 1.16. The first-order chi connectivity index (χ1) is 6.83. The second-order valence-electron chi connectivity index (χ2n) is 3.75. The van der Waals surface area contributed by atoms with Gasteiger partial charge in [-0.05, 0) is 18.8 Å². The highest BCUT2D eigenvalue weighted by atomic mass is 16.6. The summed E-state index contributed by atoms with van der Waals surface area (Å²) < 4.78 is 15.5. The van der Waals surface area contributed by atoms with E-state index in [9.17, 15) is 0 Å². The Hall–Kier alpha value is -0.540. The molecule has 0 spiro atoms. The maximum atomic E-state index is 5.45. The van der Waals surface area contributed by atoms with Crippen molar-refractivity contribution >= 4 is 0 Å². The van der Waals surface area contributed by atoms with Crippen molar-refractivity contribution < 1.29 is 14.2 Å². The van der Waals surface area contributed by atoms with Gasteiger partial charge in [-0.1, -0.05) is 13.5 Å². The monoisotopic (exact) mass is 200 g/mol. The molecule has 0 aromatic rings. The van der Waals surface area contributed by atoms with E-state index in [0.29, 0.717) is 12.0 Å². The van der Waals surface area contributed by atoms with E-state index in [-0.39, 0.29) is 0 Å². The van der Waals surface area contributed by atoms with Crippen molar-refractivity contribution in [3.05, 3.63) is 12.8 Å². The van der Waals surface area contributed by atoms with Gasteiger partial charge in [0.05, 0.1) is 26.1 Å². The Morgan fingerprint density at radius 1 is 1.50 bits per heavy atom. The van der Waals surface area contributed by atoms with Crippen molar-refractivity contribution in [1.29, 1.82) is 0 Å². The van der Waals surface area contributed by atoms with Crippen LogP contribution in [0.25, 0.3) is 0 Å². The SMILES string of the molecule is C=COCCC(C)CCOCC1CO1. The molecule has 0 bridgehead atoms. The molecule has 0 radical (unpaired) electrons. The molecular formula is C11H20O3. The summed E-state index contributed by atoms with van der Waals surface area (Å²) in [6.07, 6.45) is 4.03. The van der Waals surface area contributed by atoms with Crippen LogP contribution in [0, 0.1) is 5.92 Å². The quantitative estimate of drug-likeness (QED) is 0.324. The Morgan fingerprint density at radius 2 is 2.21 bits per heavy atom. The number of epoxide rings is 1. The molecule has 1 fully saturated rings. The highest BCUT2D eigenvalue weighted by Gasteiger charge is 2.22. The minimum atomic E-state index is 0.384. The van der Waals surface area contributed by atoms with Gasteiger partial charge in [0, 0.05) is 6.61 Å². The van der Waals surface area contributed by atoms with Crippen molar-refractivity contribution in [2.24, 2.45) is 5.92 Å². The van der Waals surface area contributed by atoms with Crippen LogP contribution in [0.2, 0.25) is 0 Å². The zero-order valence-corrected chi connectivity index (χ0v) is 8.91. The zero-order chi connectivity index (χ0) is 10.2. The number of ether oxygens (including phenoxy) is 3. The largest absolute Gasteiger partial charge is 0.502 e. The van der Waals surface area contributed by atoms with Crippen LogP contribution in [0.4, 0.5) is 0 Å². The van der Waals surface area contributed by atoms with Gasteiger partial charge in [0.2, 0.25) is 0 Å². The van der Waals surface area contributed by atoms with Crippen molar-refractivity contribution in [2.45, 2.75) is 25.9 Å². The van der Waals surface area contributed by atoms with Gasteiger partial charge in [0.1, 0.15) is 6.10 Å². The summed E-state index contributed by atoms with van der Waals surface area (Å²) in [5.74, 6) is 0.648. The number of hydrogen-bond donors (Lipinski definition) is 0. The molecule has 0 saturated carbocycles. The van der Waals surface area contributed by atoms with E-state index in [4.69, 9.17) is 14.2 Å². The predicted octanol–water partition coefficient (Wildman–Crippen LogP) is 1.98. The van der Waals surface area contributed by atoms with Crippen molar-refractivity contribution in [3.8, 4) is 0 Å². The first-order valence-electron chi connectivity index (χ1n) is 5.24. The van der Waals surface area contributed by atoms with Crippen molar-refractivity contribution in [2.75, 3.05) is 26.4 Å². The Kier molecular flexibility index (Phi) is 5.64. The van der Waals surface area contributed by atoms with Crippen molar-refractivity contribution in [3.63, 3.8) is 0 Å². The number of rotatable bonds is 9. The summed E-state index contributed by atoms with van der Waals surface area (Å²) in [7, 11) is 0. The Morgan fingerprint density at radius 3 is 2.86 bits per heavy atom. The molecule has 3 heteroatoms. The third-order valence-electron chi connectivity index (χ3n) is 2.31. The average Bonchev–Trinajstić information content (AvgIpc) is 2.97. The highest BCUT2D eigenvalue weighted by molar-refractivity contribution is 4.67. The van der Waals surface area contributed by atoms with E-state index in [1.807, 2.05) is 0 Å². The molecule has 0 amide bonds. The van der Waals surface area contributed by atoms with Gasteiger partial charge in [-0.2, -0.15) is 0 Å². The summed E-state index contributed by atoms with van der Waals surface area (Å²) in [6.45, 7) is 8.94. The second-order valence-corrected chi connectivity index (χ2v) is 3.75. The maximum Gasteiger partial charge on any atom is 0.104 e. The lowest BCUT2D eigenvalue weighted by Crippen LogP contribution is -2.07. The molecule has 1 aliphatic heterocycles. The van der Waals surface area contributed by atoms with Gasteiger partial charge in [-0.15, -0.1) is 0 Å². The molecule has 3 nitrogen and oxygen atoms in total. The maximum absolute atomic E-state index is 5.45. The lowest BCUT2D eigenvalue weighted by Gasteiger charge is -2.10. The van der Waals surface area contributed by atoms with E-state index >= 15 is 0 Å². The molecule has 14 heavy (non-hydrogen) atoms. The zero-order valence-electron chi connectivity index (χ0n) is 8.91. The van der Waals surface area contributed by atoms with Crippen LogP contribution in [0.1, 0.15) is 19.8 Å². The standard InChI is InChI=1S/C11H20O3/c1-3-12-6-4-10(2)5-7-13-8-11-9-14-11/h3,10-11H,1,4-9H2,2H3. The van der Waals surface area contributed by atoms with Crippen LogP contribution in [0.3, 0.4) is 0 Å². The van der Waals surface area contributed by atoms with Gasteiger partial charge < -0.3 is 14.2 Å². The van der Waals surface area contributed by atoms with E-state index in [1.165, 1.54) is 6.26 Å². The molecule has 1 rings (SSSR count). The van der Waals surface area contributed by atoms with Crippen molar-refractivity contribution in [1.82, 2.24) is 0 Å². The van der Waals surface area contributed by atoms with Gasteiger partial charge in [0.15, 0.2) is 0 Å². The Labute approximate surface area is 86.0 Å². The van der Waals surface area contributed by atoms with Crippen LogP contribution in [-0.4, -0.2) is 32.5 Å². The molecule has 0 aromatic heterocycles. The molecule has 2 unspecified atom stereocenters. The predicted molar refractivity (Wildman–Crippen MR) is 55.1 cm³/mol. The molecule has 1 heterocycles. The third-order valence-corrected chi connectivity index (χ3v) is 2.31. The molecule has 0 N–H and O–H groups in total. The van der Waals surface area contributed by atoms with Gasteiger partial charge >= 0.3 is 0 Å². The van der Waals surface area contributed by atoms with E-state index < -0.39 is 0 Å². The fourth-order valence-electron chi connectivity index (χ4n) is 1.16. The van der Waals surface area contributed by atoms with Crippen LogP contribution in [0.5, 0.6) is 0 Å². The third kappa shape index (κ3) is 6.00. The lowest BCUT2D eigenvalue weighted by molar-refractivity contribution is 0.102. The summed E-state index contributed by atoms with van der Waals surface area (Å²) in [5.41, 5.74) is 0. The average molecular weight is 200 g/mol. The summed E-state index contributed by atoms with van der Waals surface area (Å²) >= 11 is 0. The highest BCUT2D eigenvalue weighted by Crippen LogP contribution is 2.11. The first-order valence-corrected chi connectivity index (χ1v) is 5.24. The topological polar surface area (TPSA) is 31.0 Å². The number of hydrogen-bond acceptors (Lipinski definition) is 3. The van der Waals surface area contributed by atoms with Crippen LogP contribution >= 0.6 is 0 Å². The first kappa shape index (κ1) is 11.5. The minimum absolute atomic E-state index is 0.384. The smallest absolute Gasteiger partial charge is 0.104 e.